The second-order valence-electron chi connectivity index (χ2n) is 13.5. The number of carbonyl (C=O) groups is 3. The van der Waals surface area contributed by atoms with Gasteiger partial charge in [0.05, 0.1) is 17.5 Å². The van der Waals surface area contributed by atoms with Crippen molar-refractivity contribution in [3.63, 3.8) is 0 Å². The first-order chi connectivity index (χ1) is 26.5. The predicted molar refractivity (Wildman–Crippen MR) is 211 cm³/mol. The van der Waals surface area contributed by atoms with E-state index >= 15 is 8.78 Å². The van der Waals surface area contributed by atoms with Gasteiger partial charge in [-0.1, -0.05) is 92.7 Å². The molecule has 4 aromatic carbocycles. The average Bonchev–Trinajstić information content (AvgIpc) is 3.55. The van der Waals surface area contributed by atoms with E-state index in [1.165, 1.54) is 35.7 Å². The molecule has 0 aliphatic rings. The minimum Gasteiger partial charge on any atom is -0.445 e. The summed E-state index contributed by atoms with van der Waals surface area (Å²) in [6.45, 7) is 3.80. The maximum absolute atomic E-state index is 15.0. The van der Waals surface area contributed by atoms with Crippen molar-refractivity contribution in [1.29, 1.82) is 0 Å². The van der Waals surface area contributed by atoms with Gasteiger partial charge in [0, 0.05) is 41.3 Å². The number of hydrogen-bond acceptors (Lipinski definition) is 7. The number of thiophene rings is 1. The first-order valence-corrected chi connectivity index (χ1v) is 18.5. The first-order valence-electron chi connectivity index (χ1n) is 17.7. The van der Waals surface area contributed by atoms with Gasteiger partial charge in [-0.3, -0.25) is 19.3 Å². The Labute approximate surface area is 321 Å². The Morgan fingerprint density at radius 2 is 1.45 bits per heavy atom. The third kappa shape index (κ3) is 9.40. The van der Waals surface area contributed by atoms with Gasteiger partial charge in [0.15, 0.2) is 5.78 Å². The number of nitrogens with one attached hydrogen (secondary N) is 2. The van der Waals surface area contributed by atoms with Crippen LogP contribution < -0.4 is 16.1 Å². The molecule has 0 aliphatic heterocycles. The number of ether oxygens (including phenoxy) is 1. The molecule has 0 radical (unpaired) electrons. The molecular weight excluding hydrogens is 723 g/mol. The molecule has 6 aromatic rings. The summed E-state index contributed by atoms with van der Waals surface area (Å²) in [7, 11) is 1.93. The van der Waals surface area contributed by atoms with E-state index in [0.29, 0.717) is 34.6 Å². The molecule has 2 N–H and O–H groups in total. The van der Waals surface area contributed by atoms with Gasteiger partial charge < -0.3 is 19.9 Å². The highest BCUT2D eigenvalue weighted by atomic mass is 32.1. The molecule has 9 nitrogen and oxygen atoms in total. The van der Waals surface area contributed by atoms with Crippen LogP contribution in [0.5, 0.6) is 0 Å². The normalized spacial score (nSPS) is 11.3. The highest BCUT2D eigenvalue weighted by molar-refractivity contribution is 7.22. The summed E-state index contributed by atoms with van der Waals surface area (Å²) in [6.07, 6.45) is 0.690. The number of amides is 2. The fraction of sp³-hybridized carbons (Fsp3) is 0.209. The van der Waals surface area contributed by atoms with Gasteiger partial charge in [0.2, 0.25) is 11.3 Å². The number of hydrogen-bond donors (Lipinski definition) is 2. The molecule has 0 fully saturated rings. The highest BCUT2D eigenvalue weighted by Gasteiger charge is 2.26. The van der Waals surface area contributed by atoms with Crippen LogP contribution in [0.15, 0.2) is 114 Å². The van der Waals surface area contributed by atoms with E-state index in [1.54, 1.807) is 42.7 Å². The van der Waals surface area contributed by atoms with Crippen LogP contribution in [0.4, 0.5) is 19.3 Å². The number of halogens is 2. The molecule has 55 heavy (non-hydrogen) atoms. The first kappa shape index (κ1) is 38.7. The van der Waals surface area contributed by atoms with Crippen LogP contribution in [-0.2, 0) is 35.8 Å². The molecule has 2 amide bonds. The van der Waals surface area contributed by atoms with Crippen molar-refractivity contribution in [2.24, 2.45) is 5.92 Å². The van der Waals surface area contributed by atoms with Gasteiger partial charge in [-0.2, -0.15) is 0 Å². The van der Waals surface area contributed by atoms with Crippen molar-refractivity contribution in [2.75, 3.05) is 18.9 Å². The number of pyridine rings is 1. The topological polar surface area (TPSA) is 110 Å². The van der Waals surface area contributed by atoms with E-state index in [9.17, 15) is 19.2 Å². The minimum atomic E-state index is -0.736. The number of rotatable bonds is 14. The number of Topliss-reactive ketones (excluding diaryl/α,β-unsaturated/α-hetero) is 1. The third-order valence-corrected chi connectivity index (χ3v) is 10.3. The maximum Gasteiger partial charge on any atom is 0.407 e. The molecule has 0 spiro atoms. The van der Waals surface area contributed by atoms with Crippen molar-refractivity contribution in [1.82, 2.24) is 14.8 Å². The number of fused-ring (bicyclic) bond motifs is 1. The van der Waals surface area contributed by atoms with Crippen LogP contribution in [0.1, 0.15) is 46.5 Å². The summed E-state index contributed by atoms with van der Waals surface area (Å²) < 4.78 is 36.8. The number of alkyl carbamates (subject to hydrolysis) is 1. The van der Waals surface area contributed by atoms with Crippen LogP contribution in [0.25, 0.3) is 20.7 Å². The Hall–Kier alpha value is -5.98. The summed E-state index contributed by atoms with van der Waals surface area (Å²) in [5.74, 6) is -2.80. The number of anilines is 1. The Bertz CT molecular complexity index is 2360. The second kappa shape index (κ2) is 17.4. The fourth-order valence-corrected chi connectivity index (χ4v) is 7.48. The van der Waals surface area contributed by atoms with Crippen LogP contribution in [0.2, 0.25) is 0 Å². The third-order valence-electron chi connectivity index (χ3n) is 8.95. The Morgan fingerprint density at radius 3 is 2.09 bits per heavy atom. The van der Waals surface area contributed by atoms with E-state index in [0.717, 1.165) is 21.6 Å². The van der Waals surface area contributed by atoms with E-state index in [1.807, 2.05) is 67.7 Å². The smallest absolute Gasteiger partial charge is 0.407 e. The quantitative estimate of drug-likeness (QED) is 0.108. The molecule has 282 valence electrons. The summed E-state index contributed by atoms with van der Waals surface area (Å²) in [5, 5.41) is 5.51. The molecule has 12 heteroatoms. The van der Waals surface area contributed by atoms with Gasteiger partial charge in [-0.25, -0.2) is 13.6 Å². The van der Waals surface area contributed by atoms with Gasteiger partial charge in [-0.15, -0.1) is 11.3 Å². The second-order valence-corrected chi connectivity index (χ2v) is 14.5. The standard InChI is InChI=1S/C43H40F2N4O5S/c1-27(2)39(51)34-25-49(24-32-35(44)15-10-16-36(32)45)42-38(40(34)52)33(23-48(3)22-28-11-6-4-7-12-28)41(55-42)30-17-19-31(20-18-30)47-37(50)21-46-43(53)54-26-29-13-8-5-9-14-29/h4-20,25,27H,21-24,26H2,1-3H3,(H,46,53)(H,47,50). The lowest BCUT2D eigenvalue weighted by molar-refractivity contribution is -0.115. The summed E-state index contributed by atoms with van der Waals surface area (Å²) >= 11 is 1.29. The monoisotopic (exact) mass is 762 g/mol. The number of aromatic nitrogens is 1. The molecule has 0 aliphatic carbocycles. The Morgan fingerprint density at radius 1 is 0.818 bits per heavy atom. The molecule has 0 saturated heterocycles. The molecule has 2 heterocycles. The van der Waals surface area contributed by atoms with Gasteiger partial charge >= 0.3 is 6.09 Å². The highest BCUT2D eigenvalue weighted by Crippen LogP contribution is 2.39. The number of benzene rings is 4. The lowest BCUT2D eigenvalue weighted by Crippen LogP contribution is -2.33. The maximum atomic E-state index is 15.0. The summed E-state index contributed by atoms with van der Waals surface area (Å²) in [6, 6.07) is 29.7. The van der Waals surface area contributed by atoms with Crippen LogP contribution in [0.3, 0.4) is 0 Å². The van der Waals surface area contributed by atoms with E-state index in [-0.39, 0.29) is 36.6 Å². The zero-order chi connectivity index (χ0) is 39.1. The summed E-state index contributed by atoms with van der Waals surface area (Å²) in [5.41, 5.74) is 3.06. The molecule has 0 saturated carbocycles. The number of nitrogens with zero attached hydrogens (tertiary/aromatic N) is 2. The molecule has 0 bridgehead atoms. The molecule has 2 aromatic heterocycles. The minimum absolute atomic E-state index is 0.0498. The van der Waals surface area contributed by atoms with E-state index in [4.69, 9.17) is 4.74 Å². The van der Waals surface area contributed by atoms with Crippen molar-refractivity contribution in [3.8, 4) is 10.4 Å². The molecule has 0 unspecified atom stereocenters. The SMILES string of the molecule is CC(C)C(=O)c1cn(Cc2c(F)cccc2F)c2sc(-c3ccc(NC(=O)CNC(=O)OCc4ccccc4)cc3)c(CN(C)Cc3ccccc3)c2c1=O. The molecule has 6 rings (SSSR count). The van der Waals surface area contributed by atoms with Crippen LogP contribution in [0, 0.1) is 17.6 Å². The number of carbonyl (C=O) groups excluding carboxylic acids is 3. The van der Waals surface area contributed by atoms with Crippen molar-refractivity contribution in [2.45, 2.75) is 40.1 Å². The van der Waals surface area contributed by atoms with Crippen molar-refractivity contribution >= 4 is 45.0 Å². The largest absolute Gasteiger partial charge is 0.445 e. The predicted octanol–water partition coefficient (Wildman–Crippen LogP) is 8.39. The van der Waals surface area contributed by atoms with Crippen LogP contribution >= 0.6 is 11.3 Å². The summed E-state index contributed by atoms with van der Waals surface area (Å²) in [4.78, 5) is 55.9. The van der Waals surface area contributed by atoms with Crippen LogP contribution in [-0.4, -0.2) is 40.8 Å². The van der Waals surface area contributed by atoms with Gasteiger partial charge in [0.1, 0.15) is 29.6 Å². The Balaban J connectivity index is 1.33. The lowest BCUT2D eigenvalue weighted by atomic mass is 9.99. The lowest BCUT2D eigenvalue weighted by Gasteiger charge is -2.18. The zero-order valence-electron chi connectivity index (χ0n) is 30.6. The van der Waals surface area contributed by atoms with E-state index in [2.05, 4.69) is 15.5 Å². The van der Waals surface area contributed by atoms with Crippen molar-refractivity contribution < 1.29 is 27.9 Å². The number of ketones is 1. The Kier molecular flexibility index (Phi) is 12.3. The molecular formula is C43H40F2N4O5S. The fourth-order valence-electron chi connectivity index (χ4n) is 6.20. The zero-order valence-corrected chi connectivity index (χ0v) is 31.4. The average molecular weight is 763 g/mol. The van der Waals surface area contributed by atoms with Gasteiger partial charge in [-0.05, 0) is 53.6 Å². The van der Waals surface area contributed by atoms with Crippen molar-refractivity contribution in [3.05, 3.63) is 159 Å². The van der Waals surface area contributed by atoms with E-state index < -0.39 is 35.0 Å². The van der Waals surface area contributed by atoms with Gasteiger partial charge in [0.25, 0.3) is 0 Å². The molecule has 0 atom stereocenters.